The largest absolute Gasteiger partial charge is 0.397 e. The SMILES string of the molecule is C1CCNC1.CN(Cc1ccc(F)cc1)Cc1cc(-c2ccc(N)c(N)c2)ccc1F. The van der Waals surface area contributed by atoms with Crippen LogP contribution in [-0.4, -0.2) is 25.0 Å². The van der Waals surface area contributed by atoms with Gasteiger partial charge in [-0.25, -0.2) is 8.78 Å². The lowest BCUT2D eigenvalue weighted by Crippen LogP contribution is -2.18. The first kappa shape index (κ1) is 22.7. The lowest BCUT2D eigenvalue weighted by molar-refractivity contribution is 0.313. The van der Waals surface area contributed by atoms with Crippen molar-refractivity contribution < 1.29 is 8.78 Å². The summed E-state index contributed by atoms with van der Waals surface area (Å²) in [5, 5.41) is 3.22. The molecule has 31 heavy (non-hydrogen) atoms. The van der Waals surface area contributed by atoms with E-state index in [1.165, 1.54) is 44.1 Å². The molecule has 3 aromatic rings. The summed E-state index contributed by atoms with van der Waals surface area (Å²) < 4.78 is 27.3. The van der Waals surface area contributed by atoms with Gasteiger partial charge >= 0.3 is 0 Å². The van der Waals surface area contributed by atoms with Crippen LogP contribution in [0.25, 0.3) is 11.1 Å². The van der Waals surface area contributed by atoms with Crippen molar-refractivity contribution in [2.24, 2.45) is 0 Å². The van der Waals surface area contributed by atoms with E-state index in [0.29, 0.717) is 30.0 Å². The molecule has 1 aliphatic heterocycles. The third-order valence-corrected chi connectivity index (χ3v) is 5.23. The number of nitrogens with one attached hydrogen (secondary N) is 1. The fraction of sp³-hybridized carbons (Fsp3) is 0.280. The second-order valence-corrected chi connectivity index (χ2v) is 7.91. The Morgan fingerprint density at radius 2 is 1.45 bits per heavy atom. The fourth-order valence-corrected chi connectivity index (χ4v) is 3.50. The van der Waals surface area contributed by atoms with Gasteiger partial charge in [0.15, 0.2) is 0 Å². The number of nitrogen functional groups attached to an aromatic ring is 2. The van der Waals surface area contributed by atoms with Gasteiger partial charge in [0.25, 0.3) is 0 Å². The van der Waals surface area contributed by atoms with Crippen LogP contribution < -0.4 is 16.8 Å². The van der Waals surface area contributed by atoms with Crippen LogP contribution in [-0.2, 0) is 13.1 Å². The zero-order valence-electron chi connectivity index (χ0n) is 17.9. The quantitative estimate of drug-likeness (QED) is 0.515. The first-order valence-corrected chi connectivity index (χ1v) is 10.5. The van der Waals surface area contributed by atoms with Crippen molar-refractivity contribution in [1.82, 2.24) is 10.2 Å². The zero-order chi connectivity index (χ0) is 22.2. The van der Waals surface area contributed by atoms with Gasteiger partial charge in [-0.05, 0) is 86.1 Å². The molecule has 1 saturated heterocycles. The maximum atomic E-state index is 14.3. The van der Waals surface area contributed by atoms with Crippen molar-refractivity contribution in [3.05, 3.63) is 83.4 Å². The Labute approximate surface area is 182 Å². The predicted octanol–water partition coefficient (Wildman–Crippen LogP) is 4.80. The summed E-state index contributed by atoms with van der Waals surface area (Å²) in [5.74, 6) is -0.527. The maximum Gasteiger partial charge on any atom is 0.127 e. The second kappa shape index (κ2) is 10.9. The molecule has 4 rings (SSSR count). The molecule has 0 atom stereocenters. The van der Waals surface area contributed by atoms with Gasteiger partial charge in [0.1, 0.15) is 11.6 Å². The molecule has 0 bridgehead atoms. The van der Waals surface area contributed by atoms with E-state index in [9.17, 15) is 8.78 Å². The third kappa shape index (κ3) is 6.77. The Balaban J connectivity index is 0.000000478. The van der Waals surface area contributed by atoms with E-state index in [4.69, 9.17) is 11.5 Å². The standard InChI is InChI=1S/C21H21F2N3.C4H9N/c1-26(12-14-2-6-18(22)7-3-14)13-17-10-15(4-8-19(17)23)16-5-9-20(24)21(25)11-16;1-2-4-5-3-1/h2-11H,12-13,24-25H2,1H3;5H,1-4H2. The first-order valence-electron chi connectivity index (χ1n) is 10.5. The first-order chi connectivity index (χ1) is 14.9. The lowest BCUT2D eigenvalue weighted by atomic mass is 10.0. The van der Waals surface area contributed by atoms with Gasteiger partial charge < -0.3 is 16.8 Å². The summed E-state index contributed by atoms with van der Waals surface area (Å²) in [5.41, 5.74) is 16.0. The number of nitrogens with zero attached hydrogens (tertiary/aromatic N) is 1. The van der Waals surface area contributed by atoms with Gasteiger partial charge in [-0.3, -0.25) is 4.90 Å². The van der Waals surface area contributed by atoms with E-state index in [2.05, 4.69) is 5.32 Å². The molecule has 1 aliphatic rings. The molecule has 1 heterocycles. The summed E-state index contributed by atoms with van der Waals surface area (Å²) in [4.78, 5) is 1.98. The van der Waals surface area contributed by atoms with E-state index in [1.54, 1.807) is 30.3 Å². The molecule has 3 aromatic carbocycles. The predicted molar refractivity (Wildman–Crippen MR) is 124 cm³/mol. The Morgan fingerprint density at radius 3 is 2.06 bits per heavy atom. The van der Waals surface area contributed by atoms with Gasteiger partial charge in [-0.2, -0.15) is 0 Å². The molecule has 0 saturated carbocycles. The highest BCUT2D eigenvalue weighted by Gasteiger charge is 2.10. The maximum absolute atomic E-state index is 14.3. The molecule has 5 N–H and O–H groups in total. The highest BCUT2D eigenvalue weighted by Crippen LogP contribution is 2.27. The summed E-state index contributed by atoms with van der Waals surface area (Å²) in [6.45, 7) is 3.53. The molecule has 0 radical (unpaired) electrons. The van der Waals surface area contributed by atoms with Crippen molar-refractivity contribution in [2.45, 2.75) is 25.9 Å². The molecular formula is C25H30F2N4. The number of anilines is 2. The van der Waals surface area contributed by atoms with Crippen LogP contribution in [0, 0.1) is 11.6 Å². The van der Waals surface area contributed by atoms with Gasteiger partial charge in [0.2, 0.25) is 0 Å². The number of hydrogen-bond donors (Lipinski definition) is 3. The van der Waals surface area contributed by atoms with Gasteiger partial charge in [0, 0.05) is 18.7 Å². The van der Waals surface area contributed by atoms with Crippen molar-refractivity contribution >= 4 is 11.4 Å². The van der Waals surface area contributed by atoms with E-state index >= 15 is 0 Å². The number of halogens is 2. The van der Waals surface area contributed by atoms with Crippen LogP contribution >= 0.6 is 0 Å². The monoisotopic (exact) mass is 424 g/mol. The highest BCUT2D eigenvalue weighted by atomic mass is 19.1. The minimum Gasteiger partial charge on any atom is -0.397 e. The van der Waals surface area contributed by atoms with Gasteiger partial charge in [-0.15, -0.1) is 0 Å². The van der Waals surface area contributed by atoms with Crippen LogP contribution in [0.2, 0.25) is 0 Å². The molecule has 0 unspecified atom stereocenters. The summed E-state index contributed by atoms with van der Waals surface area (Å²) in [6.07, 6.45) is 2.78. The zero-order valence-corrected chi connectivity index (χ0v) is 17.9. The molecule has 4 nitrogen and oxygen atoms in total. The molecule has 0 aliphatic carbocycles. The highest BCUT2D eigenvalue weighted by molar-refractivity contribution is 5.74. The van der Waals surface area contributed by atoms with Crippen LogP contribution in [0.1, 0.15) is 24.0 Å². The Hall–Kier alpha value is -2.96. The number of rotatable bonds is 5. The third-order valence-electron chi connectivity index (χ3n) is 5.23. The molecule has 1 fully saturated rings. The van der Waals surface area contributed by atoms with Gasteiger partial charge in [-0.1, -0.05) is 24.3 Å². The van der Waals surface area contributed by atoms with Crippen LogP contribution in [0.15, 0.2) is 60.7 Å². The average Bonchev–Trinajstić information content (AvgIpc) is 3.34. The number of benzene rings is 3. The summed E-state index contributed by atoms with van der Waals surface area (Å²) in [6, 6.07) is 16.7. The van der Waals surface area contributed by atoms with Crippen molar-refractivity contribution in [3.8, 4) is 11.1 Å². The minimum absolute atomic E-state index is 0.261. The fourth-order valence-electron chi connectivity index (χ4n) is 3.50. The lowest BCUT2D eigenvalue weighted by Gasteiger charge is -2.18. The van der Waals surface area contributed by atoms with Crippen LogP contribution in [0.3, 0.4) is 0 Å². The Bertz CT molecular complexity index is 978. The van der Waals surface area contributed by atoms with Crippen molar-refractivity contribution in [2.75, 3.05) is 31.6 Å². The molecule has 0 amide bonds. The molecule has 0 aromatic heterocycles. The summed E-state index contributed by atoms with van der Waals surface area (Å²) >= 11 is 0. The van der Waals surface area contributed by atoms with Crippen LogP contribution in [0.4, 0.5) is 20.2 Å². The molecule has 0 spiro atoms. The van der Waals surface area contributed by atoms with E-state index < -0.39 is 0 Å². The number of hydrogen-bond acceptors (Lipinski definition) is 4. The van der Waals surface area contributed by atoms with E-state index in [1.807, 2.05) is 24.1 Å². The minimum atomic E-state index is -0.266. The molecular weight excluding hydrogens is 394 g/mol. The smallest absolute Gasteiger partial charge is 0.127 e. The van der Waals surface area contributed by atoms with Crippen LogP contribution in [0.5, 0.6) is 0 Å². The van der Waals surface area contributed by atoms with Crippen molar-refractivity contribution in [1.29, 1.82) is 0 Å². The van der Waals surface area contributed by atoms with Gasteiger partial charge in [0.05, 0.1) is 11.4 Å². The van der Waals surface area contributed by atoms with Crippen molar-refractivity contribution in [3.63, 3.8) is 0 Å². The second-order valence-electron chi connectivity index (χ2n) is 7.91. The average molecular weight is 425 g/mol. The van der Waals surface area contributed by atoms with E-state index in [-0.39, 0.29) is 11.6 Å². The normalized spacial score (nSPS) is 13.2. The molecule has 6 heteroatoms. The molecule has 164 valence electrons. The Kier molecular flexibility index (Phi) is 7.98. The number of nitrogens with two attached hydrogens (primary N) is 2. The van der Waals surface area contributed by atoms with E-state index in [0.717, 1.165) is 16.7 Å². The Morgan fingerprint density at radius 1 is 0.806 bits per heavy atom. The summed E-state index contributed by atoms with van der Waals surface area (Å²) in [7, 11) is 1.90. The topological polar surface area (TPSA) is 67.3 Å².